The summed E-state index contributed by atoms with van der Waals surface area (Å²) in [5.41, 5.74) is -0.781. The molecule has 1 heterocycles. The summed E-state index contributed by atoms with van der Waals surface area (Å²) in [5.74, 6) is 0. The van der Waals surface area contributed by atoms with Crippen LogP contribution in [0.4, 0.5) is 18.9 Å². The molecule has 2 aromatic rings. The molecule has 0 unspecified atom stereocenters. The number of hydrogen-bond donors (Lipinski definition) is 0. The van der Waals surface area contributed by atoms with Crippen molar-refractivity contribution in [1.29, 1.82) is 0 Å². The molecule has 0 radical (unpaired) electrons. The van der Waals surface area contributed by atoms with E-state index >= 15 is 0 Å². The third kappa shape index (κ3) is 2.56. The van der Waals surface area contributed by atoms with Crippen LogP contribution in [0.25, 0.3) is 5.69 Å². The third-order valence-electron chi connectivity index (χ3n) is 2.43. The molecule has 0 aliphatic heterocycles. The molecule has 0 fully saturated rings. The summed E-state index contributed by atoms with van der Waals surface area (Å²) in [5, 5.41) is 14.2. The van der Waals surface area contributed by atoms with Crippen molar-refractivity contribution in [2.45, 2.75) is 13.1 Å². The van der Waals surface area contributed by atoms with Crippen molar-refractivity contribution in [3.63, 3.8) is 0 Å². The number of rotatable bonds is 2. The largest absolute Gasteiger partial charge is 0.433 e. The summed E-state index contributed by atoms with van der Waals surface area (Å²) < 4.78 is 39.1. The van der Waals surface area contributed by atoms with Crippen LogP contribution < -0.4 is 0 Å². The minimum atomic E-state index is -4.54. The number of alkyl halides is 3. The summed E-state index contributed by atoms with van der Waals surface area (Å²) in [7, 11) is 0. The normalized spacial score (nSPS) is 11.6. The molecule has 0 aliphatic rings. The van der Waals surface area contributed by atoms with Crippen LogP contribution in [-0.4, -0.2) is 14.7 Å². The minimum Gasteiger partial charge on any atom is -0.258 e. The van der Waals surface area contributed by atoms with Crippen LogP contribution in [0, 0.1) is 17.0 Å². The number of nitro groups is 1. The summed E-state index contributed by atoms with van der Waals surface area (Å²) >= 11 is 0. The van der Waals surface area contributed by atoms with Gasteiger partial charge < -0.3 is 0 Å². The highest BCUT2D eigenvalue weighted by molar-refractivity contribution is 5.41. The molecule has 0 N–H and O–H groups in total. The van der Waals surface area contributed by atoms with E-state index in [0.29, 0.717) is 0 Å². The van der Waals surface area contributed by atoms with Crippen molar-refractivity contribution in [2.75, 3.05) is 0 Å². The van der Waals surface area contributed by atoms with E-state index in [1.165, 1.54) is 19.1 Å². The van der Waals surface area contributed by atoms with Gasteiger partial charge in [0.1, 0.15) is 5.69 Å². The van der Waals surface area contributed by atoms with Gasteiger partial charge in [-0.25, -0.2) is 4.68 Å². The Labute approximate surface area is 105 Å². The van der Waals surface area contributed by atoms with Crippen LogP contribution in [0.3, 0.4) is 0 Å². The second-order valence-electron chi connectivity index (χ2n) is 3.85. The zero-order valence-electron chi connectivity index (χ0n) is 9.68. The van der Waals surface area contributed by atoms with Gasteiger partial charge in [0, 0.05) is 12.1 Å². The fourth-order valence-electron chi connectivity index (χ4n) is 1.61. The van der Waals surface area contributed by atoms with Crippen LogP contribution in [-0.2, 0) is 6.18 Å². The van der Waals surface area contributed by atoms with Gasteiger partial charge in [0.25, 0.3) is 5.69 Å². The molecule has 1 aromatic carbocycles. The van der Waals surface area contributed by atoms with Gasteiger partial charge in [0.05, 0.1) is 16.3 Å². The quantitative estimate of drug-likeness (QED) is 0.622. The molecular formula is C11H8F3N3O2. The number of nitrogens with zero attached hydrogens (tertiary/aromatic N) is 3. The predicted octanol–water partition coefficient (Wildman–Crippen LogP) is 3.11. The molecule has 0 bridgehead atoms. The number of hydrogen-bond acceptors (Lipinski definition) is 3. The van der Waals surface area contributed by atoms with Crippen LogP contribution in [0.15, 0.2) is 30.3 Å². The summed E-state index contributed by atoms with van der Waals surface area (Å²) in [6.45, 7) is 1.44. The van der Waals surface area contributed by atoms with Gasteiger partial charge in [-0.15, -0.1) is 0 Å². The molecule has 19 heavy (non-hydrogen) atoms. The lowest BCUT2D eigenvalue weighted by Crippen LogP contribution is -2.13. The topological polar surface area (TPSA) is 61.0 Å². The lowest BCUT2D eigenvalue weighted by atomic mass is 10.2. The first-order chi connectivity index (χ1) is 8.79. The van der Waals surface area contributed by atoms with Crippen LogP contribution in [0.2, 0.25) is 0 Å². The highest BCUT2D eigenvalue weighted by Gasteiger charge is 2.35. The Bertz CT molecular complexity index is 617. The van der Waals surface area contributed by atoms with Crippen molar-refractivity contribution in [1.82, 2.24) is 9.78 Å². The molecule has 0 aliphatic carbocycles. The van der Waals surface area contributed by atoms with Gasteiger partial charge in [0.2, 0.25) is 0 Å². The number of aryl methyl sites for hydroxylation is 1. The smallest absolute Gasteiger partial charge is 0.258 e. The van der Waals surface area contributed by atoms with Crippen molar-refractivity contribution in [3.8, 4) is 5.69 Å². The highest BCUT2D eigenvalue weighted by Crippen LogP contribution is 2.31. The molecule has 0 amide bonds. The van der Waals surface area contributed by atoms with E-state index in [-0.39, 0.29) is 17.1 Å². The zero-order valence-corrected chi connectivity index (χ0v) is 9.68. The van der Waals surface area contributed by atoms with E-state index in [1.54, 1.807) is 0 Å². The molecular weight excluding hydrogens is 263 g/mol. The Morgan fingerprint density at radius 1 is 1.26 bits per heavy atom. The number of nitro benzene ring substituents is 1. The molecule has 0 saturated carbocycles. The molecule has 0 atom stereocenters. The lowest BCUT2D eigenvalue weighted by molar-refractivity contribution is -0.384. The summed E-state index contributed by atoms with van der Waals surface area (Å²) in [6, 6.07) is 5.63. The number of aromatic nitrogens is 2. The van der Waals surface area contributed by atoms with Gasteiger partial charge in [-0.1, -0.05) is 0 Å². The maximum atomic E-state index is 12.8. The number of non-ortho nitro benzene ring substituents is 1. The van der Waals surface area contributed by atoms with Gasteiger partial charge in [-0.2, -0.15) is 18.3 Å². The van der Waals surface area contributed by atoms with E-state index in [4.69, 9.17) is 0 Å². The fraction of sp³-hybridized carbons (Fsp3) is 0.182. The summed E-state index contributed by atoms with van der Waals surface area (Å²) in [4.78, 5) is 9.86. The predicted molar refractivity (Wildman–Crippen MR) is 60.0 cm³/mol. The Balaban J connectivity index is 2.50. The molecule has 0 saturated heterocycles. The van der Waals surface area contributed by atoms with Gasteiger partial charge >= 0.3 is 6.18 Å². The monoisotopic (exact) mass is 271 g/mol. The van der Waals surface area contributed by atoms with E-state index in [1.807, 2.05) is 0 Å². The van der Waals surface area contributed by atoms with E-state index in [9.17, 15) is 23.3 Å². The van der Waals surface area contributed by atoms with Crippen molar-refractivity contribution >= 4 is 5.69 Å². The molecule has 0 spiro atoms. The standard InChI is InChI=1S/C11H8F3N3O2/c1-7-6-10(11(12,13)14)16(15-7)8-2-4-9(5-3-8)17(18)19/h2-6H,1H3. The van der Waals surface area contributed by atoms with Crippen molar-refractivity contribution in [3.05, 3.63) is 51.8 Å². The first-order valence-corrected chi connectivity index (χ1v) is 5.18. The Morgan fingerprint density at radius 3 is 2.32 bits per heavy atom. The second kappa shape index (κ2) is 4.38. The Morgan fingerprint density at radius 2 is 1.84 bits per heavy atom. The molecule has 2 rings (SSSR count). The molecule has 8 heteroatoms. The van der Waals surface area contributed by atoms with Gasteiger partial charge in [-0.05, 0) is 25.1 Å². The van der Waals surface area contributed by atoms with Gasteiger partial charge in [0.15, 0.2) is 0 Å². The highest BCUT2D eigenvalue weighted by atomic mass is 19.4. The van der Waals surface area contributed by atoms with Crippen LogP contribution in [0.1, 0.15) is 11.4 Å². The maximum Gasteiger partial charge on any atom is 0.433 e. The molecule has 5 nitrogen and oxygen atoms in total. The fourth-order valence-corrected chi connectivity index (χ4v) is 1.61. The third-order valence-corrected chi connectivity index (χ3v) is 2.43. The van der Waals surface area contributed by atoms with E-state index in [2.05, 4.69) is 5.10 Å². The summed E-state index contributed by atoms with van der Waals surface area (Å²) in [6.07, 6.45) is -4.54. The minimum absolute atomic E-state index is 0.117. The first-order valence-electron chi connectivity index (χ1n) is 5.18. The van der Waals surface area contributed by atoms with Gasteiger partial charge in [-0.3, -0.25) is 10.1 Å². The van der Waals surface area contributed by atoms with Crippen LogP contribution >= 0.6 is 0 Å². The SMILES string of the molecule is Cc1cc(C(F)(F)F)n(-c2ccc([N+](=O)[O-])cc2)n1. The first kappa shape index (κ1) is 13.1. The average Bonchev–Trinajstić information content (AvgIpc) is 2.71. The van der Waals surface area contributed by atoms with Crippen LogP contribution in [0.5, 0.6) is 0 Å². The molecule has 100 valence electrons. The average molecular weight is 271 g/mol. The number of halogens is 3. The Kier molecular flexibility index (Phi) is 3.01. The van der Waals surface area contributed by atoms with Crippen molar-refractivity contribution in [2.24, 2.45) is 0 Å². The second-order valence-corrected chi connectivity index (χ2v) is 3.85. The maximum absolute atomic E-state index is 12.8. The molecule has 1 aromatic heterocycles. The Hall–Kier alpha value is -2.38. The number of benzene rings is 1. The van der Waals surface area contributed by atoms with Crippen molar-refractivity contribution < 1.29 is 18.1 Å². The zero-order chi connectivity index (χ0) is 14.2. The van der Waals surface area contributed by atoms with E-state index < -0.39 is 16.8 Å². The van der Waals surface area contributed by atoms with E-state index in [0.717, 1.165) is 22.9 Å². The lowest BCUT2D eigenvalue weighted by Gasteiger charge is -2.09.